The number of amides is 1. The summed E-state index contributed by atoms with van der Waals surface area (Å²) in [6.07, 6.45) is 15.8. The summed E-state index contributed by atoms with van der Waals surface area (Å²) in [7, 11) is 1.81. The molecule has 0 bridgehead atoms. The number of benzene rings is 1. The van der Waals surface area contributed by atoms with E-state index in [-0.39, 0.29) is 11.9 Å². The van der Waals surface area contributed by atoms with Gasteiger partial charge in [0.2, 0.25) is 11.9 Å². The second kappa shape index (κ2) is 12.2. The Hall–Kier alpha value is -3.46. The lowest BCUT2D eigenvalue weighted by Crippen LogP contribution is -2.55. The van der Waals surface area contributed by atoms with Crippen LogP contribution in [0.25, 0.3) is 6.08 Å². The van der Waals surface area contributed by atoms with Crippen molar-refractivity contribution in [3.8, 4) is 0 Å². The maximum absolute atomic E-state index is 13.1. The van der Waals surface area contributed by atoms with E-state index in [2.05, 4.69) is 27.4 Å². The fourth-order valence-corrected chi connectivity index (χ4v) is 6.21. The molecular weight excluding hydrogens is 492 g/mol. The second-order valence-electron chi connectivity index (χ2n) is 11.0. The number of carboxylic acid groups (broad SMARTS) is 1. The number of hydrogen-bond donors (Lipinski definition) is 3. The number of rotatable bonds is 10. The summed E-state index contributed by atoms with van der Waals surface area (Å²) < 4.78 is 0. The van der Waals surface area contributed by atoms with Crippen LogP contribution in [0, 0.1) is 0 Å². The van der Waals surface area contributed by atoms with Crippen molar-refractivity contribution in [3.05, 3.63) is 42.1 Å². The fraction of sp³-hybridized carbons (Fsp3) is 0.533. The summed E-state index contributed by atoms with van der Waals surface area (Å²) in [6, 6.07) is 7.79. The van der Waals surface area contributed by atoms with Gasteiger partial charge in [0.25, 0.3) is 0 Å². The molecule has 2 atom stereocenters. The Kier molecular flexibility index (Phi) is 8.45. The average Bonchev–Trinajstić information content (AvgIpc) is 3.66. The highest BCUT2D eigenvalue weighted by molar-refractivity contribution is 6.04. The number of aromatic nitrogens is 2. The largest absolute Gasteiger partial charge is 0.480 e. The Morgan fingerprint density at radius 1 is 1.13 bits per heavy atom. The molecule has 3 N–H and O–H groups in total. The van der Waals surface area contributed by atoms with Gasteiger partial charge >= 0.3 is 5.97 Å². The molecule has 1 amide bonds. The number of anilines is 4. The van der Waals surface area contributed by atoms with Gasteiger partial charge < -0.3 is 25.5 Å². The van der Waals surface area contributed by atoms with Crippen molar-refractivity contribution in [1.29, 1.82) is 0 Å². The van der Waals surface area contributed by atoms with Crippen molar-refractivity contribution in [1.82, 2.24) is 15.3 Å². The first-order valence-electron chi connectivity index (χ1n) is 14.4. The third-order valence-corrected chi connectivity index (χ3v) is 8.35. The topological polar surface area (TPSA) is 111 Å². The maximum atomic E-state index is 13.1. The summed E-state index contributed by atoms with van der Waals surface area (Å²) in [6.45, 7) is 2.06. The number of carbonyl (C=O) groups excluding carboxylic acids is 1. The van der Waals surface area contributed by atoms with Crippen LogP contribution in [0.3, 0.4) is 0 Å². The zero-order chi connectivity index (χ0) is 27.4. The molecule has 2 fully saturated rings. The molecule has 9 heteroatoms. The van der Waals surface area contributed by atoms with Gasteiger partial charge in [0.1, 0.15) is 17.8 Å². The highest BCUT2D eigenvalue weighted by Gasteiger charge is 2.41. The predicted octanol–water partition coefficient (Wildman–Crippen LogP) is 5.11. The minimum absolute atomic E-state index is 0.105. The van der Waals surface area contributed by atoms with Crippen LogP contribution in [0.2, 0.25) is 0 Å². The van der Waals surface area contributed by atoms with Gasteiger partial charge in [0.05, 0.1) is 6.20 Å². The van der Waals surface area contributed by atoms with E-state index in [0.717, 1.165) is 54.9 Å². The van der Waals surface area contributed by atoms with E-state index in [0.29, 0.717) is 24.5 Å². The van der Waals surface area contributed by atoms with E-state index >= 15 is 0 Å². The van der Waals surface area contributed by atoms with Crippen LogP contribution in [-0.2, 0) is 9.59 Å². The van der Waals surface area contributed by atoms with Gasteiger partial charge in [0, 0.05) is 24.8 Å². The van der Waals surface area contributed by atoms with Gasteiger partial charge in [-0.2, -0.15) is 4.98 Å². The zero-order valence-corrected chi connectivity index (χ0v) is 23.0. The van der Waals surface area contributed by atoms with Crippen LogP contribution in [0.4, 0.5) is 23.1 Å². The Morgan fingerprint density at radius 3 is 2.49 bits per heavy atom. The van der Waals surface area contributed by atoms with E-state index in [4.69, 9.17) is 4.98 Å². The molecule has 39 heavy (non-hydrogen) atoms. The van der Waals surface area contributed by atoms with Gasteiger partial charge in [0.15, 0.2) is 5.82 Å². The number of carboxylic acids is 1. The van der Waals surface area contributed by atoms with Gasteiger partial charge in [-0.05, 0) is 56.2 Å². The molecule has 208 valence electrons. The molecule has 1 aromatic carbocycles. The average molecular weight is 533 g/mol. The molecule has 9 nitrogen and oxygen atoms in total. The first kappa shape index (κ1) is 27.1. The highest BCUT2D eigenvalue weighted by atomic mass is 16.4. The summed E-state index contributed by atoms with van der Waals surface area (Å²) in [5.74, 6) is 0.629. The first-order chi connectivity index (χ1) is 18.9. The Labute approximate surface area is 230 Å². The molecule has 0 spiro atoms. The number of nitrogens with zero attached hydrogens (tertiary/aromatic N) is 4. The van der Waals surface area contributed by atoms with Crippen LogP contribution in [-0.4, -0.2) is 58.2 Å². The fourth-order valence-electron chi connectivity index (χ4n) is 6.21. The molecule has 0 unspecified atom stereocenters. The Bertz CT molecular complexity index is 1190. The van der Waals surface area contributed by atoms with Crippen molar-refractivity contribution in [2.75, 3.05) is 22.2 Å². The van der Waals surface area contributed by atoms with E-state index in [1.165, 1.54) is 25.7 Å². The predicted molar refractivity (Wildman–Crippen MR) is 154 cm³/mol. The quantitative estimate of drug-likeness (QED) is 0.387. The monoisotopic (exact) mass is 532 g/mol. The Morgan fingerprint density at radius 2 is 1.82 bits per heavy atom. The molecule has 2 aromatic rings. The molecule has 5 rings (SSSR count). The lowest BCUT2D eigenvalue weighted by molar-refractivity contribution is -0.139. The van der Waals surface area contributed by atoms with E-state index in [1.807, 2.05) is 43.5 Å². The van der Waals surface area contributed by atoms with E-state index in [1.54, 1.807) is 11.1 Å². The molecule has 2 saturated carbocycles. The minimum Gasteiger partial charge on any atom is -0.480 e. The number of hydrogen-bond acceptors (Lipinski definition) is 7. The molecule has 0 saturated heterocycles. The summed E-state index contributed by atoms with van der Waals surface area (Å²) in [4.78, 5) is 38.1. The summed E-state index contributed by atoms with van der Waals surface area (Å²) in [5.41, 5.74) is 2.61. The molecule has 3 aliphatic rings. The van der Waals surface area contributed by atoms with Crippen molar-refractivity contribution < 1.29 is 14.7 Å². The molecule has 1 aliphatic heterocycles. The highest BCUT2D eigenvalue weighted by Crippen LogP contribution is 2.40. The third kappa shape index (κ3) is 6.08. The lowest BCUT2D eigenvalue weighted by atomic mass is 10.0. The van der Waals surface area contributed by atoms with Crippen molar-refractivity contribution >= 4 is 41.1 Å². The number of nitrogens with one attached hydrogen (secondary N) is 2. The third-order valence-electron chi connectivity index (χ3n) is 8.35. The number of aliphatic carboxylic acids is 1. The SMILES string of the molecule is CC[C@@H]1C(=O)N(C)c2cnc(Nc3ccc(C=CC[C@H](NC4CCCC4)C(=O)O)cc3)nc2N1C1CCCC1. The Balaban J connectivity index is 1.26. The zero-order valence-electron chi connectivity index (χ0n) is 23.0. The normalized spacial score (nSPS) is 21.1. The van der Waals surface area contributed by atoms with Crippen molar-refractivity contribution in [2.24, 2.45) is 0 Å². The smallest absolute Gasteiger partial charge is 0.321 e. The van der Waals surface area contributed by atoms with Gasteiger partial charge in [-0.3, -0.25) is 9.59 Å². The van der Waals surface area contributed by atoms with Crippen LogP contribution >= 0.6 is 0 Å². The minimum atomic E-state index is -0.802. The number of fused-ring (bicyclic) bond motifs is 1. The number of likely N-dealkylation sites (N-methyl/N-ethyl adjacent to an activating group) is 1. The van der Waals surface area contributed by atoms with Crippen LogP contribution < -0.4 is 20.4 Å². The van der Waals surface area contributed by atoms with Gasteiger partial charge in [-0.25, -0.2) is 4.98 Å². The molecule has 0 radical (unpaired) electrons. The molecule has 1 aromatic heterocycles. The van der Waals surface area contributed by atoms with Crippen molar-refractivity contribution in [3.63, 3.8) is 0 Å². The summed E-state index contributed by atoms with van der Waals surface area (Å²) >= 11 is 0. The molecule has 2 aliphatic carbocycles. The summed E-state index contributed by atoms with van der Waals surface area (Å²) in [5, 5.41) is 16.2. The van der Waals surface area contributed by atoms with Crippen LogP contribution in [0.5, 0.6) is 0 Å². The molecular formula is C30H40N6O3. The van der Waals surface area contributed by atoms with E-state index in [9.17, 15) is 14.7 Å². The van der Waals surface area contributed by atoms with Crippen LogP contribution in [0.15, 0.2) is 36.5 Å². The van der Waals surface area contributed by atoms with Gasteiger partial charge in [-0.15, -0.1) is 0 Å². The first-order valence-corrected chi connectivity index (χ1v) is 14.4. The maximum Gasteiger partial charge on any atom is 0.321 e. The number of carbonyl (C=O) groups is 2. The van der Waals surface area contributed by atoms with Crippen LogP contribution in [0.1, 0.15) is 76.7 Å². The van der Waals surface area contributed by atoms with E-state index < -0.39 is 12.0 Å². The lowest BCUT2D eigenvalue weighted by Gasteiger charge is -2.43. The van der Waals surface area contributed by atoms with Crippen molar-refractivity contribution in [2.45, 2.75) is 95.3 Å². The standard InChI is InChI=1S/C30H40N6O3/c1-3-25-28(37)35(2)26-19-31-30(34-27(26)36(25)23-12-6-7-13-23)33-22-17-15-20(16-18-22)9-8-14-24(29(38)39)32-21-10-4-5-11-21/h8-9,15-19,21,23-25,32H,3-7,10-14H2,1-2H3,(H,38,39)(H,31,33,34)/t24-,25+/m0/s1. The second-order valence-corrected chi connectivity index (χ2v) is 11.0. The molecule has 2 heterocycles. The van der Waals surface area contributed by atoms with Gasteiger partial charge in [-0.1, -0.05) is 56.9 Å².